The maximum absolute atomic E-state index is 14.0. The molecule has 0 fully saturated rings. The zero-order valence-electron chi connectivity index (χ0n) is 21.9. The average molecular weight is 568 g/mol. The zero-order chi connectivity index (χ0) is 28.1. The fourth-order valence-electron chi connectivity index (χ4n) is 4.50. The molecule has 0 saturated carbocycles. The SMILES string of the molecule is CCOC(=O)C1=C(c2ccccc2)N=c2s/c(=C\c3cccc(OCC#N)c3)c(=O)n2[C@@H]1c1ccc(SC)cc1. The number of benzene rings is 3. The van der Waals surface area contributed by atoms with Crippen molar-refractivity contribution in [2.24, 2.45) is 4.99 Å². The van der Waals surface area contributed by atoms with Crippen LogP contribution in [0.1, 0.15) is 29.7 Å². The Hall–Kier alpha value is -4.39. The first-order valence-electron chi connectivity index (χ1n) is 12.6. The molecule has 5 rings (SSSR count). The van der Waals surface area contributed by atoms with Gasteiger partial charge in [-0.1, -0.05) is 65.9 Å². The predicted molar refractivity (Wildman–Crippen MR) is 157 cm³/mol. The third kappa shape index (κ3) is 5.50. The number of esters is 1. The zero-order valence-corrected chi connectivity index (χ0v) is 23.5. The van der Waals surface area contributed by atoms with Crippen LogP contribution in [0.3, 0.4) is 0 Å². The van der Waals surface area contributed by atoms with E-state index in [0.717, 1.165) is 21.6 Å². The Kier molecular flexibility index (Phi) is 8.29. The van der Waals surface area contributed by atoms with Crippen LogP contribution in [0.5, 0.6) is 5.75 Å². The van der Waals surface area contributed by atoms with Crippen LogP contribution in [0, 0.1) is 11.3 Å². The summed E-state index contributed by atoms with van der Waals surface area (Å²) >= 11 is 2.87. The van der Waals surface area contributed by atoms with E-state index in [9.17, 15) is 9.59 Å². The van der Waals surface area contributed by atoms with Crippen molar-refractivity contribution in [3.8, 4) is 11.8 Å². The van der Waals surface area contributed by atoms with E-state index in [-0.39, 0.29) is 18.8 Å². The first-order valence-corrected chi connectivity index (χ1v) is 14.6. The fourth-order valence-corrected chi connectivity index (χ4v) is 5.91. The van der Waals surface area contributed by atoms with Crippen molar-refractivity contribution in [2.45, 2.75) is 17.9 Å². The number of hydrogen-bond donors (Lipinski definition) is 0. The minimum atomic E-state index is -0.728. The van der Waals surface area contributed by atoms with E-state index in [1.807, 2.05) is 73.0 Å². The van der Waals surface area contributed by atoms with Gasteiger partial charge in [0.1, 0.15) is 11.8 Å². The molecular weight excluding hydrogens is 542 g/mol. The van der Waals surface area contributed by atoms with E-state index in [1.54, 1.807) is 47.5 Å². The molecule has 4 aromatic rings. The van der Waals surface area contributed by atoms with Crippen LogP contribution < -0.4 is 19.6 Å². The minimum Gasteiger partial charge on any atom is -0.479 e. The number of carbonyl (C=O) groups is 1. The van der Waals surface area contributed by atoms with Gasteiger partial charge < -0.3 is 9.47 Å². The molecule has 0 amide bonds. The summed E-state index contributed by atoms with van der Waals surface area (Å²) in [6.45, 7) is 1.88. The quantitative estimate of drug-likeness (QED) is 0.229. The Morgan fingerprint density at radius 1 is 1.12 bits per heavy atom. The average Bonchev–Trinajstić information content (AvgIpc) is 3.30. The van der Waals surface area contributed by atoms with Crippen LogP contribution in [0.2, 0.25) is 0 Å². The Morgan fingerprint density at radius 2 is 1.90 bits per heavy atom. The largest absolute Gasteiger partial charge is 0.479 e. The van der Waals surface area contributed by atoms with Crippen LogP contribution in [-0.2, 0) is 9.53 Å². The molecule has 0 aliphatic carbocycles. The van der Waals surface area contributed by atoms with Crippen LogP contribution in [-0.4, -0.2) is 30.0 Å². The van der Waals surface area contributed by atoms with Gasteiger partial charge in [-0.3, -0.25) is 9.36 Å². The van der Waals surface area contributed by atoms with Crippen molar-refractivity contribution in [1.82, 2.24) is 4.57 Å². The highest BCUT2D eigenvalue weighted by molar-refractivity contribution is 7.98. The Bertz CT molecular complexity index is 1800. The summed E-state index contributed by atoms with van der Waals surface area (Å²) in [5.74, 6) is 0.0199. The number of aromatic nitrogens is 1. The molecular formula is C31H25N3O4S2. The normalized spacial score (nSPS) is 14.7. The summed E-state index contributed by atoms with van der Waals surface area (Å²) in [5, 5.41) is 8.83. The summed E-state index contributed by atoms with van der Waals surface area (Å²) in [5.41, 5.74) is 2.82. The van der Waals surface area contributed by atoms with Crippen molar-refractivity contribution in [1.29, 1.82) is 5.26 Å². The van der Waals surface area contributed by atoms with E-state index < -0.39 is 12.0 Å². The number of nitrogens with zero attached hydrogens (tertiary/aromatic N) is 3. The fraction of sp³-hybridized carbons (Fsp3) is 0.161. The third-order valence-corrected chi connectivity index (χ3v) is 7.99. The van der Waals surface area contributed by atoms with Crippen molar-refractivity contribution in [2.75, 3.05) is 19.5 Å². The van der Waals surface area contributed by atoms with E-state index in [4.69, 9.17) is 19.7 Å². The van der Waals surface area contributed by atoms with Crippen LogP contribution in [0.15, 0.2) is 99.1 Å². The number of nitriles is 1. The van der Waals surface area contributed by atoms with Gasteiger partial charge in [-0.05, 0) is 54.6 Å². The van der Waals surface area contributed by atoms with E-state index in [0.29, 0.717) is 26.4 Å². The van der Waals surface area contributed by atoms with Gasteiger partial charge in [-0.2, -0.15) is 5.26 Å². The van der Waals surface area contributed by atoms with E-state index >= 15 is 0 Å². The maximum Gasteiger partial charge on any atom is 0.338 e. The van der Waals surface area contributed by atoms with Gasteiger partial charge in [0.2, 0.25) is 0 Å². The molecule has 0 radical (unpaired) electrons. The number of fused-ring (bicyclic) bond motifs is 1. The van der Waals surface area contributed by atoms with Crippen molar-refractivity contribution in [3.63, 3.8) is 0 Å². The molecule has 3 aromatic carbocycles. The number of thioether (sulfide) groups is 1. The highest BCUT2D eigenvalue weighted by atomic mass is 32.2. The lowest BCUT2D eigenvalue weighted by Gasteiger charge is -2.26. The van der Waals surface area contributed by atoms with Gasteiger partial charge in [0.25, 0.3) is 5.56 Å². The van der Waals surface area contributed by atoms with Gasteiger partial charge >= 0.3 is 5.97 Å². The second-order valence-corrected chi connectivity index (χ2v) is 10.6. The van der Waals surface area contributed by atoms with Gasteiger partial charge in [0, 0.05) is 10.5 Å². The summed E-state index contributed by atoms with van der Waals surface area (Å²) in [4.78, 5) is 33.9. The molecule has 0 bridgehead atoms. The molecule has 0 unspecified atom stereocenters. The van der Waals surface area contributed by atoms with Gasteiger partial charge in [-0.15, -0.1) is 11.8 Å². The topological polar surface area (TPSA) is 93.7 Å². The molecule has 40 heavy (non-hydrogen) atoms. The van der Waals surface area contributed by atoms with Crippen molar-refractivity contribution in [3.05, 3.63) is 121 Å². The Labute approximate surface area is 239 Å². The number of hydrogen-bond acceptors (Lipinski definition) is 8. The van der Waals surface area contributed by atoms with E-state index in [2.05, 4.69) is 0 Å². The first-order chi connectivity index (χ1) is 19.5. The summed E-state index contributed by atoms with van der Waals surface area (Å²) < 4.78 is 13.0. The Balaban J connectivity index is 1.76. The Morgan fingerprint density at radius 3 is 2.60 bits per heavy atom. The third-order valence-electron chi connectivity index (χ3n) is 6.26. The summed E-state index contributed by atoms with van der Waals surface area (Å²) in [6, 6.07) is 25.7. The lowest BCUT2D eigenvalue weighted by Crippen LogP contribution is -2.40. The predicted octanol–water partition coefficient (Wildman–Crippen LogP) is 4.56. The second kappa shape index (κ2) is 12.2. The molecule has 0 saturated heterocycles. The number of rotatable bonds is 8. The first kappa shape index (κ1) is 27.2. The molecule has 9 heteroatoms. The number of carbonyl (C=O) groups excluding carboxylic acids is 1. The van der Waals surface area contributed by atoms with Gasteiger partial charge in [-0.25, -0.2) is 9.79 Å². The molecule has 1 aliphatic rings. The van der Waals surface area contributed by atoms with Gasteiger partial charge in [0.05, 0.1) is 28.5 Å². The molecule has 2 heterocycles. The number of thiazole rings is 1. The second-order valence-electron chi connectivity index (χ2n) is 8.72. The highest BCUT2D eigenvalue weighted by Gasteiger charge is 2.35. The number of ether oxygens (including phenoxy) is 2. The molecule has 7 nitrogen and oxygen atoms in total. The lowest BCUT2D eigenvalue weighted by molar-refractivity contribution is -0.138. The van der Waals surface area contributed by atoms with Crippen LogP contribution in [0.4, 0.5) is 0 Å². The van der Waals surface area contributed by atoms with Crippen LogP contribution in [0.25, 0.3) is 11.8 Å². The standard InChI is InChI=1S/C31H25N3O4S2/c1-3-37-30(36)26-27(21-9-5-4-6-10-21)33-31-34(28(26)22-12-14-24(39-2)15-13-22)29(35)25(40-31)19-20-8-7-11-23(18-20)38-17-16-32/h4-15,18-19,28H,3,17H2,1-2H3/b25-19-/t28-/m1/s1. The monoisotopic (exact) mass is 567 g/mol. The lowest BCUT2D eigenvalue weighted by atomic mass is 9.93. The van der Waals surface area contributed by atoms with Gasteiger partial charge in [0.15, 0.2) is 11.4 Å². The molecule has 1 aliphatic heterocycles. The molecule has 200 valence electrons. The van der Waals surface area contributed by atoms with Crippen LogP contribution >= 0.6 is 23.1 Å². The van der Waals surface area contributed by atoms with E-state index in [1.165, 1.54) is 11.3 Å². The minimum absolute atomic E-state index is 0.0696. The molecule has 0 N–H and O–H groups in total. The summed E-state index contributed by atoms with van der Waals surface area (Å²) in [6.07, 6.45) is 3.77. The van der Waals surface area contributed by atoms with Crippen molar-refractivity contribution < 1.29 is 14.3 Å². The highest BCUT2D eigenvalue weighted by Crippen LogP contribution is 2.35. The van der Waals surface area contributed by atoms with Crippen molar-refractivity contribution >= 4 is 40.8 Å². The maximum atomic E-state index is 14.0. The molecule has 0 spiro atoms. The summed E-state index contributed by atoms with van der Waals surface area (Å²) in [7, 11) is 0. The molecule has 1 aromatic heterocycles. The smallest absolute Gasteiger partial charge is 0.338 e. The molecule has 1 atom stereocenters.